The van der Waals surface area contributed by atoms with Gasteiger partial charge in [0.05, 0.1) is 13.5 Å². The maximum atomic E-state index is 12.5. The summed E-state index contributed by atoms with van der Waals surface area (Å²) in [5.41, 5.74) is 0.0534. The molecule has 0 aromatic heterocycles. The largest absolute Gasteiger partial charge is 0.469 e. The third-order valence-corrected chi connectivity index (χ3v) is 3.94. The molecule has 1 aliphatic carbocycles. The number of likely N-dealkylation sites (N-methyl/N-ethyl adjacent to an activating group) is 1. The number of hydrogen-bond acceptors (Lipinski definition) is 4. The minimum absolute atomic E-state index is 0.0443. The summed E-state index contributed by atoms with van der Waals surface area (Å²) >= 11 is 0. The van der Waals surface area contributed by atoms with Crippen LogP contribution in [0.25, 0.3) is 0 Å². The maximum Gasteiger partial charge on any atom is 0.307 e. The molecule has 19 heavy (non-hydrogen) atoms. The molecule has 1 heterocycles. The van der Waals surface area contributed by atoms with Crippen molar-refractivity contribution in [1.82, 2.24) is 9.80 Å². The third kappa shape index (κ3) is 3.26. The Bertz CT molecular complexity index is 377. The normalized spacial score (nSPS) is 28.1. The fraction of sp³-hybridized carbons (Fsp3) is 0.857. The molecule has 2 aliphatic rings. The lowest BCUT2D eigenvalue weighted by molar-refractivity contribution is -0.146. The van der Waals surface area contributed by atoms with Crippen LogP contribution in [0.4, 0.5) is 0 Å². The van der Waals surface area contributed by atoms with E-state index in [0.29, 0.717) is 6.04 Å². The molecular formula is C14H24N2O3. The summed E-state index contributed by atoms with van der Waals surface area (Å²) in [6, 6.07) is 0.108. The monoisotopic (exact) mass is 268 g/mol. The lowest BCUT2D eigenvalue weighted by Gasteiger charge is -2.32. The van der Waals surface area contributed by atoms with Gasteiger partial charge in [-0.15, -0.1) is 0 Å². The fourth-order valence-electron chi connectivity index (χ4n) is 3.01. The van der Waals surface area contributed by atoms with Crippen LogP contribution in [0.15, 0.2) is 0 Å². The summed E-state index contributed by atoms with van der Waals surface area (Å²) in [7, 11) is 3.20. The number of carbonyl (C=O) groups excluding carboxylic acids is 2. The quantitative estimate of drug-likeness (QED) is 0.713. The molecule has 1 unspecified atom stereocenters. The van der Waals surface area contributed by atoms with Crippen molar-refractivity contribution in [3.8, 4) is 0 Å². The third-order valence-electron chi connectivity index (χ3n) is 3.94. The molecule has 5 heteroatoms. The molecule has 0 aromatic carbocycles. The van der Waals surface area contributed by atoms with Gasteiger partial charge in [0.1, 0.15) is 6.04 Å². The van der Waals surface area contributed by atoms with E-state index in [2.05, 4.69) is 18.7 Å². The average Bonchev–Trinajstić information content (AvgIpc) is 3.15. The van der Waals surface area contributed by atoms with E-state index in [1.165, 1.54) is 7.11 Å². The van der Waals surface area contributed by atoms with Gasteiger partial charge >= 0.3 is 5.97 Å². The summed E-state index contributed by atoms with van der Waals surface area (Å²) in [6.07, 6.45) is 2.42. The molecule has 108 valence electrons. The molecule has 1 aliphatic heterocycles. The lowest BCUT2D eigenvalue weighted by atomic mass is 9.92. The van der Waals surface area contributed by atoms with E-state index in [-0.39, 0.29) is 29.8 Å². The van der Waals surface area contributed by atoms with Crippen LogP contribution in [0.5, 0.6) is 0 Å². The van der Waals surface area contributed by atoms with Crippen molar-refractivity contribution in [3.63, 3.8) is 0 Å². The summed E-state index contributed by atoms with van der Waals surface area (Å²) in [5, 5.41) is 0. The average molecular weight is 268 g/mol. The molecule has 1 saturated heterocycles. The van der Waals surface area contributed by atoms with E-state index in [0.717, 1.165) is 25.9 Å². The summed E-state index contributed by atoms with van der Waals surface area (Å²) in [4.78, 5) is 28.1. The van der Waals surface area contributed by atoms with Crippen LogP contribution in [-0.2, 0) is 14.3 Å². The van der Waals surface area contributed by atoms with Crippen molar-refractivity contribution in [2.75, 3.05) is 27.2 Å². The second-order valence-electron chi connectivity index (χ2n) is 6.56. The number of carbonyl (C=O) groups is 2. The van der Waals surface area contributed by atoms with Gasteiger partial charge in [0.25, 0.3) is 0 Å². The SMILES string of the molecule is COC(=O)CC1C(=O)N(C)CC(C)(C)CN1C1CC1. The molecule has 0 aromatic rings. The van der Waals surface area contributed by atoms with Crippen LogP contribution in [-0.4, -0.2) is 61.0 Å². The van der Waals surface area contributed by atoms with Crippen LogP contribution in [0.3, 0.4) is 0 Å². The Kier molecular flexibility index (Phi) is 3.85. The van der Waals surface area contributed by atoms with Gasteiger partial charge < -0.3 is 9.64 Å². The predicted octanol–water partition coefficient (Wildman–Crippen LogP) is 0.881. The number of amides is 1. The van der Waals surface area contributed by atoms with E-state index in [4.69, 9.17) is 4.74 Å². The zero-order valence-corrected chi connectivity index (χ0v) is 12.3. The first-order chi connectivity index (χ1) is 8.84. The highest BCUT2D eigenvalue weighted by Gasteiger charge is 2.44. The minimum atomic E-state index is -0.355. The number of hydrogen-bond donors (Lipinski definition) is 0. The lowest BCUT2D eigenvalue weighted by Crippen LogP contribution is -2.47. The second kappa shape index (κ2) is 5.12. The first-order valence-electron chi connectivity index (χ1n) is 6.91. The zero-order chi connectivity index (χ0) is 14.2. The van der Waals surface area contributed by atoms with Crippen LogP contribution < -0.4 is 0 Å². The molecule has 1 saturated carbocycles. The Balaban J connectivity index is 2.23. The highest BCUT2D eigenvalue weighted by atomic mass is 16.5. The number of rotatable bonds is 3. The van der Waals surface area contributed by atoms with Crippen LogP contribution in [0, 0.1) is 5.41 Å². The molecule has 2 fully saturated rings. The second-order valence-corrected chi connectivity index (χ2v) is 6.56. The van der Waals surface area contributed by atoms with Crippen LogP contribution in [0.1, 0.15) is 33.1 Å². The van der Waals surface area contributed by atoms with Crippen LogP contribution >= 0.6 is 0 Å². The Morgan fingerprint density at radius 3 is 2.53 bits per heavy atom. The van der Waals surface area contributed by atoms with Crippen molar-refractivity contribution < 1.29 is 14.3 Å². The van der Waals surface area contributed by atoms with Gasteiger partial charge in [-0.3, -0.25) is 14.5 Å². The molecule has 2 rings (SSSR count). The number of methoxy groups -OCH3 is 1. The van der Waals surface area contributed by atoms with E-state index in [9.17, 15) is 9.59 Å². The van der Waals surface area contributed by atoms with Gasteiger partial charge in [0.2, 0.25) is 5.91 Å². The van der Waals surface area contributed by atoms with E-state index in [1.807, 2.05) is 7.05 Å². The molecule has 0 spiro atoms. The summed E-state index contributed by atoms with van der Waals surface area (Å²) in [6.45, 7) is 5.93. The van der Waals surface area contributed by atoms with Crippen molar-refractivity contribution in [3.05, 3.63) is 0 Å². The fourth-order valence-corrected chi connectivity index (χ4v) is 3.01. The van der Waals surface area contributed by atoms with Gasteiger partial charge in [-0.25, -0.2) is 0 Å². The first-order valence-corrected chi connectivity index (χ1v) is 6.91. The maximum absolute atomic E-state index is 12.5. The topological polar surface area (TPSA) is 49.9 Å². The number of ether oxygens (including phenoxy) is 1. The van der Waals surface area contributed by atoms with E-state index >= 15 is 0 Å². The van der Waals surface area contributed by atoms with Crippen molar-refractivity contribution in [1.29, 1.82) is 0 Å². The van der Waals surface area contributed by atoms with E-state index < -0.39 is 0 Å². The summed E-state index contributed by atoms with van der Waals surface area (Å²) in [5.74, 6) is -0.264. The van der Waals surface area contributed by atoms with Crippen molar-refractivity contribution >= 4 is 11.9 Å². The number of nitrogens with zero attached hydrogens (tertiary/aromatic N) is 2. The zero-order valence-electron chi connectivity index (χ0n) is 12.3. The van der Waals surface area contributed by atoms with Crippen LogP contribution in [0.2, 0.25) is 0 Å². The van der Waals surface area contributed by atoms with Gasteiger partial charge in [-0.05, 0) is 18.3 Å². The predicted molar refractivity (Wildman–Crippen MR) is 71.6 cm³/mol. The highest BCUT2D eigenvalue weighted by molar-refractivity contribution is 5.86. The van der Waals surface area contributed by atoms with Crippen molar-refractivity contribution in [2.45, 2.75) is 45.2 Å². The molecule has 1 amide bonds. The Hall–Kier alpha value is -1.10. The smallest absolute Gasteiger partial charge is 0.307 e. The van der Waals surface area contributed by atoms with Gasteiger partial charge in [0.15, 0.2) is 0 Å². The van der Waals surface area contributed by atoms with Crippen molar-refractivity contribution in [2.24, 2.45) is 5.41 Å². The minimum Gasteiger partial charge on any atom is -0.469 e. The first kappa shape index (κ1) is 14.3. The molecule has 1 atom stereocenters. The standard InChI is InChI=1S/C14H24N2O3/c1-14(2)8-15(3)13(18)11(7-12(17)19-4)16(9-14)10-5-6-10/h10-11H,5-9H2,1-4H3. The van der Waals surface area contributed by atoms with E-state index in [1.54, 1.807) is 4.90 Å². The molecule has 5 nitrogen and oxygen atoms in total. The van der Waals surface area contributed by atoms with Gasteiger partial charge in [-0.1, -0.05) is 13.8 Å². The summed E-state index contributed by atoms with van der Waals surface area (Å²) < 4.78 is 4.74. The molecule has 0 bridgehead atoms. The van der Waals surface area contributed by atoms with Gasteiger partial charge in [-0.2, -0.15) is 0 Å². The Morgan fingerprint density at radius 2 is 2.00 bits per heavy atom. The molecule has 0 N–H and O–H groups in total. The Morgan fingerprint density at radius 1 is 1.37 bits per heavy atom. The molecule has 0 radical (unpaired) electrons. The van der Waals surface area contributed by atoms with Gasteiger partial charge in [0, 0.05) is 26.2 Å². The molecular weight excluding hydrogens is 244 g/mol. The highest BCUT2D eigenvalue weighted by Crippen LogP contribution is 2.35. The Labute approximate surface area is 114 Å². The number of esters is 1.